The van der Waals surface area contributed by atoms with Gasteiger partial charge in [-0.05, 0) is 64.7 Å². The first kappa shape index (κ1) is 29.8. The fourth-order valence-electron chi connectivity index (χ4n) is 8.63. The quantitative estimate of drug-likeness (QED) is 0.186. The molecule has 5 nitrogen and oxygen atoms in total. The largest absolute Gasteiger partial charge is 0.456 e. The summed E-state index contributed by atoms with van der Waals surface area (Å²) in [5.74, 6) is 1.93. The Morgan fingerprint density at radius 3 is 1.77 bits per heavy atom. The van der Waals surface area contributed by atoms with Crippen LogP contribution in [0.3, 0.4) is 0 Å². The molecule has 0 amide bonds. The Balaban J connectivity index is 1.17. The van der Waals surface area contributed by atoms with Crippen molar-refractivity contribution in [1.29, 1.82) is 0 Å². The molecule has 3 heterocycles. The van der Waals surface area contributed by atoms with E-state index in [9.17, 15) is 0 Å². The van der Waals surface area contributed by atoms with Crippen molar-refractivity contribution in [3.8, 4) is 51.0 Å². The van der Waals surface area contributed by atoms with E-state index in [2.05, 4.69) is 109 Å². The van der Waals surface area contributed by atoms with Crippen LogP contribution in [0.5, 0.6) is 0 Å². The third kappa shape index (κ3) is 4.34. The SMILES string of the molecule is CC1(C)c2ccccc2-c2ccc3c4c5c(ccc4n(-c4ccc(-c6nc(-c7ccccc7)nc(-c7ccccc7)n6)cc4)c3c21)oc1ccccc15. The van der Waals surface area contributed by atoms with Crippen molar-refractivity contribution in [2.24, 2.45) is 0 Å². The normalized spacial score (nSPS) is 13.2. The third-order valence-corrected chi connectivity index (χ3v) is 11.0. The molecular formula is C48H32N4O. The molecule has 0 spiro atoms. The summed E-state index contributed by atoms with van der Waals surface area (Å²) in [5.41, 5.74) is 13.1. The summed E-state index contributed by atoms with van der Waals surface area (Å²) in [4.78, 5) is 14.9. The molecule has 0 fully saturated rings. The van der Waals surface area contributed by atoms with Crippen molar-refractivity contribution in [1.82, 2.24) is 19.5 Å². The number of para-hydroxylation sites is 1. The van der Waals surface area contributed by atoms with Gasteiger partial charge in [0.2, 0.25) is 0 Å². The summed E-state index contributed by atoms with van der Waals surface area (Å²) < 4.78 is 8.89. The summed E-state index contributed by atoms with van der Waals surface area (Å²) >= 11 is 0. The summed E-state index contributed by atoms with van der Waals surface area (Å²) in [6, 6.07) is 55.1. The zero-order valence-corrected chi connectivity index (χ0v) is 29.2. The van der Waals surface area contributed by atoms with Crippen molar-refractivity contribution in [3.63, 3.8) is 0 Å². The Morgan fingerprint density at radius 1 is 0.472 bits per heavy atom. The number of benzene rings is 7. The highest BCUT2D eigenvalue weighted by Gasteiger charge is 2.38. The second-order valence-electron chi connectivity index (χ2n) is 14.4. The monoisotopic (exact) mass is 680 g/mol. The maximum absolute atomic E-state index is 6.43. The van der Waals surface area contributed by atoms with E-state index >= 15 is 0 Å². The topological polar surface area (TPSA) is 56.7 Å². The highest BCUT2D eigenvalue weighted by Crippen LogP contribution is 2.54. The minimum Gasteiger partial charge on any atom is -0.456 e. The van der Waals surface area contributed by atoms with Gasteiger partial charge in [0, 0.05) is 49.3 Å². The summed E-state index contributed by atoms with van der Waals surface area (Å²) in [6.45, 7) is 4.72. The van der Waals surface area contributed by atoms with Gasteiger partial charge in [0.1, 0.15) is 11.2 Å². The van der Waals surface area contributed by atoms with Gasteiger partial charge in [-0.2, -0.15) is 0 Å². The lowest BCUT2D eigenvalue weighted by atomic mass is 9.81. The van der Waals surface area contributed by atoms with Crippen LogP contribution in [-0.2, 0) is 5.41 Å². The molecular weight excluding hydrogens is 649 g/mol. The Bertz CT molecular complexity index is 3010. The van der Waals surface area contributed by atoms with E-state index in [4.69, 9.17) is 19.4 Å². The minimum atomic E-state index is -0.207. The lowest BCUT2D eigenvalue weighted by molar-refractivity contribution is 0.664. The molecule has 53 heavy (non-hydrogen) atoms. The number of nitrogens with zero attached hydrogens (tertiary/aromatic N) is 4. The zero-order valence-electron chi connectivity index (χ0n) is 29.2. The van der Waals surface area contributed by atoms with E-state index < -0.39 is 0 Å². The fraction of sp³-hybridized carbons (Fsp3) is 0.0625. The average molecular weight is 681 g/mol. The number of furan rings is 1. The van der Waals surface area contributed by atoms with E-state index in [1.54, 1.807) is 0 Å². The lowest BCUT2D eigenvalue weighted by Gasteiger charge is -2.23. The number of hydrogen-bond acceptors (Lipinski definition) is 4. The molecule has 7 aromatic carbocycles. The third-order valence-electron chi connectivity index (χ3n) is 11.0. The standard InChI is InChI=1S/C48H32N4O/c1-48(2)37-19-11-9-17-33(37)34-25-26-36-41-38(27-28-40-42(41)35-18-10-12-20-39(35)53-40)52(44(36)43(34)48)32-23-21-31(22-24-32)47-50-45(29-13-5-3-6-14-29)49-46(51-47)30-15-7-4-8-16-30/h3-28H,1-2H3. The first-order valence-corrected chi connectivity index (χ1v) is 18.0. The van der Waals surface area contributed by atoms with Crippen molar-refractivity contribution in [3.05, 3.63) is 169 Å². The predicted octanol–water partition coefficient (Wildman–Crippen LogP) is 12.2. The molecule has 0 bridgehead atoms. The van der Waals surface area contributed by atoms with Crippen LogP contribution in [0, 0.1) is 0 Å². The molecule has 0 saturated heterocycles. The van der Waals surface area contributed by atoms with E-state index in [-0.39, 0.29) is 5.41 Å². The molecule has 10 aromatic rings. The molecule has 0 N–H and O–H groups in total. The van der Waals surface area contributed by atoms with Gasteiger partial charge in [-0.3, -0.25) is 0 Å². The summed E-state index contributed by atoms with van der Waals surface area (Å²) in [6.07, 6.45) is 0. The molecule has 0 unspecified atom stereocenters. The Kier molecular flexibility index (Phi) is 6.23. The van der Waals surface area contributed by atoms with E-state index in [0.29, 0.717) is 17.5 Å². The van der Waals surface area contributed by atoms with Crippen molar-refractivity contribution < 1.29 is 4.42 Å². The Hall–Kier alpha value is -6.85. The van der Waals surface area contributed by atoms with Crippen LogP contribution in [0.15, 0.2) is 162 Å². The smallest absolute Gasteiger partial charge is 0.164 e. The molecule has 0 radical (unpaired) electrons. The van der Waals surface area contributed by atoms with Crippen molar-refractivity contribution in [2.45, 2.75) is 19.3 Å². The van der Waals surface area contributed by atoms with Gasteiger partial charge < -0.3 is 8.98 Å². The molecule has 0 saturated carbocycles. The summed E-state index contributed by atoms with van der Waals surface area (Å²) in [5, 5.41) is 4.71. The maximum Gasteiger partial charge on any atom is 0.164 e. The van der Waals surface area contributed by atoms with E-state index in [1.807, 2.05) is 66.7 Å². The lowest BCUT2D eigenvalue weighted by Crippen LogP contribution is -2.16. The second-order valence-corrected chi connectivity index (χ2v) is 14.4. The maximum atomic E-state index is 6.43. The molecule has 250 valence electrons. The van der Waals surface area contributed by atoms with Gasteiger partial charge >= 0.3 is 0 Å². The molecule has 1 aliphatic carbocycles. The summed E-state index contributed by atoms with van der Waals surface area (Å²) in [7, 11) is 0. The highest BCUT2D eigenvalue weighted by molar-refractivity contribution is 6.28. The first-order valence-electron chi connectivity index (χ1n) is 18.0. The molecule has 11 rings (SSSR count). The highest BCUT2D eigenvalue weighted by atomic mass is 16.3. The van der Waals surface area contributed by atoms with Gasteiger partial charge in [-0.1, -0.05) is 129 Å². The Morgan fingerprint density at radius 2 is 1.08 bits per heavy atom. The van der Waals surface area contributed by atoms with Crippen LogP contribution in [-0.4, -0.2) is 19.5 Å². The fourth-order valence-corrected chi connectivity index (χ4v) is 8.63. The van der Waals surface area contributed by atoms with E-state index in [0.717, 1.165) is 49.8 Å². The van der Waals surface area contributed by atoms with Crippen LogP contribution in [0.1, 0.15) is 25.0 Å². The van der Waals surface area contributed by atoms with Gasteiger partial charge in [-0.15, -0.1) is 0 Å². The molecule has 0 atom stereocenters. The number of fused-ring (bicyclic) bond motifs is 11. The van der Waals surface area contributed by atoms with E-state index in [1.165, 1.54) is 38.5 Å². The molecule has 1 aliphatic rings. The van der Waals surface area contributed by atoms with Gasteiger partial charge in [0.15, 0.2) is 17.5 Å². The van der Waals surface area contributed by atoms with Crippen LogP contribution >= 0.6 is 0 Å². The Labute approximate surface area is 305 Å². The van der Waals surface area contributed by atoms with Gasteiger partial charge in [0.05, 0.1) is 11.0 Å². The second kappa shape index (κ2) is 11.1. The van der Waals surface area contributed by atoms with Gasteiger partial charge in [0.25, 0.3) is 0 Å². The zero-order chi connectivity index (χ0) is 35.3. The van der Waals surface area contributed by atoms with Crippen LogP contribution in [0.25, 0.3) is 94.7 Å². The first-order chi connectivity index (χ1) is 26.0. The number of aromatic nitrogens is 4. The minimum absolute atomic E-state index is 0.207. The molecule has 3 aromatic heterocycles. The van der Waals surface area contributed by atoms with Crippen LogP contribution < -0.4 is 0 Å². The van der Waals surface area contributed by atoms with Crippen molar-refractivity contribution in [2.75, 3.05) is 0 Å². The average Bonchev–Trinajstić information content (AvgIpc) is 3.84. The number of rotatable bonds is 4. The molecule has 5 heteroatoms. The van der Waals surface area contributed by atoms with Crippen LogP contribution in [0.2, 0.25) is 0 Å². The van der Waals surface area contributed by atoms with Gasteiger partial charge in [-0.25, -0.2) is 15.0 Å². The van der Waals surface area contributed by atoms with Crippen LogP contribution in [0.4, 0.5) is 0 Å². The predicted molar refractivity (Wildman–Crippen MR) is 215 cm³/mol. The molecule has 0 aliphatic heterocycles. The number of hydrogen-bond donors (Lipinski definition) is 0. The van der Waals surface area contributed by atoms with Crippen molar-refractivity contribution >= 4 is 43.7 Å².